The van der Waals surface area contributed by atoms with Crippen LogP contribution in [0.4, 0.5) is 33.2 Å². The molecule has 12 aromatic carbocycles. The van der Waals surface area contributed by atoms with Gasteiger partial charge in [-0.15, -0.1) is 0 Å². The summed E-state index contributed by atoms with van der Waals surface area (Å²) < 4.78 is 51.5. The SMILES string of the molecule is CNC(=O)Sc1cccc(Br)c1COc1ccc(C)cc1C.CNC(=O)Sc1cccc(C)c1COc1ccc(C)cc1C.CNC(=O)Sc1cccc(Cl)c1COc1ccc(C)cc1C.CNC(=O)Sc1cccc(F)c1COc1ccc(C)cc1C.CNC(=O)Sc1cccc(I)c1COc1ccc(C)cc1C.CNC(=O)Sc1ccccc1COc1ccc(C)cc1C. The Hall–Kier alpha value is -10.2. The number of nitrogens with one attached hydrogen (secondary N) is 6. The van der Waals surface area contributed by atoms with Crippen LogP contribution in [0.15, 0.2) is 258 Å². The van der Waals surface area contributed by atoms with Crippen molar-refractivity contribution in [1.82, 2.24) is 31.9 Å². The maximum Gasteiger partial charge on any atom is 0.283 e. The average molecular weight is 2080 g/mol. The molecule has 0 bridgehead atoms. The molecule has 6 amide bonds. The third kappa shape index (κ3) is 36.0. The predicted molar refractivity (Wildman–Crippen MR) is 552 cm³/mol. The first kappa shape index (κ1) is 108. The molecular weight excluding hydrogens is 1970 g/mol. The molecule has 0 aliphatic rings. The van der Waals surface area contributed by atoms with Crippen molar-refractivity contribution in [3.05, 3.63) is 349 Å². The number of amides is 6. The standard InChI is InChI=1S/C18H21NO2S.C17H18BrNO2S.C17H18ClNO2S.C17H18FNO2S.C17H18INO2S.C17H19NO2S/c1-12-8-9-16(14(3)10-12)21-11-15-13(2)6-5-7-17(15)22-18(20)19-4;4*1-11-7-8-15(12(2)9-11)21-10-13-14(18)5-4-6-16(13)22-17(20)19-3;1-12-8-9-15(13(2)10-12)20-11-14-6-4-5-7-16(14)21-17(19)18-3/h5-10H,11H2,1-4H3,(H,19,20);4*4-9H,10H2,1-3H3,(H,19,20);4-10H,11H2,1-3H3,(H,18,19). The van der Waals surface area contributed by atoms with Crippen LogP contribution in [0.25, 0.3) is 0 Å². The highest BCUT2D eigenvalue weighted by Gasteiger charge is 2.20. The molecule has 0 heterocycles. The maximum atomic E-state index is 14.0. The van der Waals surface area contributed by atoms with Crippen LogP contribution in [0.5, 0.6) is 34.5 Å². The molecule has 131 heavy (non-hydrogen) atoms. The minimum Gasteiger partial charge on any atom is -0.489 e. The van der Waals surface area contributed by atoms with Gasteiger partial charge in [0, 0.05) is 118 Å². The molecule has 12 rings (SSSR count). The van der Waals surface area contributed by atoms with E-state index in [0.717, 1.165) is 157 Å². The zero-order valence-electron chi connectivity index (χ0n) is 77.0. The smallest absolute Gasteiger partial charge is 0.283 e. The Balaban J connectivity index is 0.000000215. The zero-order chi connectivity index (χ0) is 95.8. The Kier molecular flexibility index (Phi) is 46.1. The third-order valence-corrected chi connectivity index (χ3v) is 27.4. The lowest BCUT2D eigenvalue weighted by molar-refractivity contribution is 0.261. The van der Waals surface area contributed by atoms with E-state index in [4.69, 9.17) is 40.0 Å². The number of halogens is 4. The zero-order valence-corrected chi connectivity index (χ0v) is 86.4. The van der Waals surface area contributed by atoms with Gasteiger partial charge in [0.2, 0.25) is 0 Å². The Labute approximate surface area is 823 Å². The maximum absolute atomic E-state index is 14.0. The number of thioether (sulfide) groups is 6. The molecule has 12 aromatic rings. The average Bonchev–Trinajstić information content (AvgIpc) is 0.849. The third-order valence-electron chi connectivity index (χ3n) is 19.3. The van der Waals surface area contributed by atoms with Gasteiger partial charge in [0.25, 0.3) is 31.4 Å². The summed E-state index contributed by atoms with van der Waals surface area (Å²) in [5.74, 6) is 4.65. The molecule has 0 saturated carbocycles. The van der Waals surface area contributed by atoms with Gasteiger partial charge in [-0.05, 0) is 319 Å². The van der Waals surface area contributed by atoms with Crippen molar-refractivity contribution in [2.24, 2.45) is 0 Å². The van der Waals surface area contributed by atoms with Crippen molar-refractivity contribution in [2.45, 2.75) is 159 Å². The highest BCUT2D eigenvalue weighted by molar-refractivity contribution is 14.1. The Morgan fingerprint density at radius 2 is 0.550 bits per heavy atom. The van der Waals surface area contributed by atoms with E-state index in [1.54, 1.807) is 60.5 Å². The first-order valence-corrected chi connectivity index (χ1v) is 48.6. The van der Waals surface area contributed by atoms with Gasteiger partial charge in [0.05, 0.1) is 0 Å². The summed E-state index contributed by atoms with van der Waals surface area (Å²) >= 11 is 18.9. The summed E-state index contributed by atoms with van der Waals surface area (Å²) in [5.41, 5.74) is 20.1. The van der Waals surface area contributed by atoms with Gasteiger partial charge in [-0.2, -0.15) is 0 Å². The molecule has 18 nitrogen and oxygen atoms in total. The largest absolute Gasteiger partial charge is 0.489 e. The molecule has 0 aliphatic heterocycles. The lowest BCUT2D eigenvalue weighted by Gasteiger charge is -2.14. The molecule has 0 atom stereocenters. The normalized spacial score (nSPS) is 10.3. The number of benzene rings is 12. The monoisotopic (exact) mass is 2080 g/mol. The van der Waals surface area contributed by atoms with Crippen molar-refractivity contribution in [2.75, 3.05) is 42.3 Å². The van der Waals surface area contributed by atoms with Gasteiger partial charge < -0.3 is 60.3 Å². The molecule has 0 aliphatic carbocycles. The summed E-state index contributed by atoms with van der Waals surface area (Å²) in [7, 11) is 9.67. The van der Waals surface area contributed by atoms with Gasteiger partial charge >= 0.3 is 0 Å². The quantitative estimate of drug-likeness (QED) is 0.0244. The molecule has 28 heteroatoms. The summed E-state index contributed by atoms with van der Waals surface area (Å²) in [6.07, 6.45) is 0. The first-order chi connectivity index (χ1) is 62.6. The fourth-order valence-electron chi connectivity index (χ4n) is 12.4. The minimum atomic E-state index is -0.376. The number of hydrogen-bond acceptors (Lipinski definition) is 18. The van der Waals surface area contributed by atoms with Crippen molar-refractivity contribution in [1.29, 1.82) is 0 Å². The summed E-state index contributed by atoms with van der Waals surface area (Å²) in [6, 6.07) is 72.0. The van der Waals surface area contributed by atoms with E-state index in [2.05, 4.69) is 128 Å². The van der Waals surface area contributed by atoms with E-state index in [-0.39, 0.29) is 43.9 Å². The summed E-state index contributed by atoms with van der Waals surface area (Å²) in [4.78, 5) is 74.5. The van der Waals surface area contributed by atoms with E-state index in [9.17, 15) is 33.2 Å². The van der Waals surface area contributed by atoms with E-state index >= 15 is 0 Å². The fraction of sp³-hybridized carbons (Fsp3) is 0.243. The topological polar surface area (TPSA) is 230 Å². The molecule has 0 unspecified atom stereocenters. The molecule has 0 radical (unpaired) electrons. The van der Waals surface area contributed by atoms with Crippen LogP contribution >= 0.6 is 121 Å². The number of rotatable bonds is 24. The lowest BCUT2D eigenvalue weighted by Crippen LogP contribution is -2.12. The highest BCUT2D eigenvalue weighted by Crippen LogP contribution is 2.37. The molecule has 690 valence electrons. The number of carbonyl (C=O) groups is 6. The molecular formula is C103H112BrClFIN6O12S6. The molecule has 0 saturated heterocycles. The highest BCUT2D eigenvalue weighted by atomic mass is 127. The number of aryl methyl sites for hydroxylation is 13. The lowest BCUT2D eigenvalue weighted by atomic mass is 10.1. The van der Waals surface area contributed by atoms with E-state index in [0.29, 0.717) is 54.3 Å². The summed E-state index contributed by atoms with van der Waals surface area (Å²) in [5, 5.41) is 15.5. The van der Waals surface area contributed by atoms with Gasteiger partial charge in [-0.25, -0.2) is 4.39 Å². The van der Waals surface area contributed by atoms with Crippen molar-refractivity contribution in [3.63, 3.8) is 0 Å². The fourth-order valence-corrected chi connectivity index (χ4v) is 18.5. The van der Waals surface area contributed by atoms with Crippen LogP contribution in [0, 0.1) is 99.4 Å². The second kappa shape index (κ2) is 56.0. The Bertz CT molecular complexity index is 5230. The van der Waals surface area contributed by atoms with E-state index < -0.39 is 0 Å². The van der Waals surface area contributed by atoms with E-state index in [1.165, 1.54) is 80.9 Å². The Morgan fingerprint density at radius 3 is 0.916 bits per heavy atom. The van der Waals surface area contributed by atoms with Crippen LogP contribution in [0.3, 0.4) is 0 Å². The van der Waals surface area contributed by atoms with Crippen molar-refractivity contribution in [3.8, 4) is 34.5 Å². The number of ether oxygens (including phenoxy) is 6. The van der Waals surface area contributed by atoms with Gasteiger partial charge in [0.1, 0.15) is 80.0 Å². The molecule has 0 spiro atoms. The summed E-state index contributed by atoms with van der Waals surface area (Å²) in [6.45, 7) is 28.6. The van der Waals surface area contributed by atoms with Crippen LogP contribution in [0.1, 0.15) is 106 Å². The van der Waals surface area contributed by atoms with E-state index in [1.807, 2.05) is 232 Å². The number of hydrogen-bond donors (Lipinski definition) is 6. The van der Waals surface area contributed by atoms with Crippen molar-refractivity contribution >= 4 is 152 Å². The Morgan fingerprint density at radius 1 is 0.290 bits per heavy atom. The number of carbonyl (C=O) groups excluding carboxylic acids is 6. The van der Waals surface area contributed by atoms with Crippen LogP contribution in [-0.2, 0) is 39.6 Å². The molecule has 0 fully saturated rings. The van der Waals surface area contributed by atoms with Crippen LogP contribution in [-0.4, -0.2) is 73.7 Å². The van der Waals surface area contributed by atoms with Gasteiger partial charge in [-0.3, -0.25) is 28.8 Å². The molecule has 6 N–H and O–H groups in total. The van der Waals surface area contributed by atoms with Gasteiger partial charge in [-0.1, -0.05) is 188 Å². The van der Waals surface area contributed by atoms with Gasteiger partial charge in [0.15, 0.2) is 0 Å². The van der Waals surface area contributed by atoms with Crippen molar-refractivity contribution < 1.29 is 61.6 Å². The second-order valence-corrected chi connectivity index (χ2v) is 38.2. The van der Waals surface area contributed by atoms with Crippen LogP contribution < -0.4 is 60.3 Å². The second-order valence-electron chi connectivity index (χ2n) is 29.7. The predicted octanol–water partition coefficient (Wildman–Crippen LogP) is 28.4. The van der Waals surface area contributed by atoms with Crippen LogP contribution in [0.2, 0.25) is 5.02 Å². The minimum absolute atomic E-state index is 0.0710. The first-order valence-electron chi connectivity index (χ1n) is 41.5. The molecule has 0 aromatic heterocycles.